The molecule has 0 unspecified atom stereocenters. The molecular weight excluding hydrogens is 312 g/mol. The summed E-state index contributed by atoms with van der Waals surface area (Å²) in [6, 6.07) is 7.79. The number of hydrogen-bond acceptors (Lipinski definition) is 1. The second kappa shape index (κ2) is 5.29. The molecule has 0 saturated carbocycles. The van der Waals surface area contributed by atoms with Gasteiger partial charge in [-0.1, -0.05) is 11.6 Å². The van der Waals surface area contributed by atoms with Crippen molar-refractivity contribution in [2.45, 2.75) is 13.8 Å². The fourth-order valence-corrected chi connectivity index (χ4v) is 2.15. The molecule has 0 saturated heterocycles. The maximum atomic E-state index is 6.03. The zero-order valence-corrected chi connectivity index (χ0v) is 12.9. The number of nitrogens with zero attached hydrogens (tertiary/aromatic N) is 2. The highest BCUT2D eigenvalue weighted by Crippen LogP contribution is 2.27. The number of aliphatic imine (C=N–C) groups is 1. The van der Waals surface area contributed by atoms with Gasteiger partial charge in [0.15, 0.2) is 0 Å². The van der Waals surface area contributed by atoms with Crippen molar-refractivity contribution in [1.82, 2.24) is 4.57 Å². The number of rotatable bonds is 2. The molecule has 94 valence electrons. The van der Waals surface area contributed by atoms with Gasteiger partial charge in [-0.25, -0.2) is 0 Å². The van der Waals surface area contributed by atoms with Crippen molar-refractivity contribution in [3.05, 3.63) is 50.7 Å². The number of benzene rings is 1. The maximum absolute atomic E-state index is 6.03. The second-order valence-corrected chi connectivity index (χ2v) is 5.50. The van der Waals surface area contributed by atoms with Crippen LogP contribution in [0.5, 0.6) is 0 Å². The van der Waals surface area contributed by atoms with Crippen LogP contribution < -0.4 is 0 Å². The molecule has 0 atom stereocenters. The van der Waals surface area contributed by atoms with Crippen LogP contribution in [0.15, 0.2) is 33.7 Å². The standard InChI is InChI=1S/C14H14BrClN2/c1-9-6-11(10(2)18(9)3)8-17-12-4-5-13(15)14(16)7-12/h4-8H,1-3H3. The van der Waals surface area contributed by atoms with Crippen molar-refractivity contribution < 1.29 is 0 Å². The highest BCUT2D eigenvalue weighted by molar-refractivity contribution is 9.10. The van der Waals surface area contributed by atoms with Gasteiger partial charge in [0, 0.05) is 34.7 Å². The summed E-state index contributed by atoms with van der Waals surface area (Å²) in [6.45, 7) is 4.17. The van der Waals surface area contributed by atoms with E-state index in [1.54, 1.807) is 0 Å². The largest absolute Gasteiger partial charge is 0.352 e. The smallest absolute Gasteiger partial charge is 0.0645 e. The van der Waals surface area contributed by atoms with Crippen molar-refractivity contribution >= 4 is 39.4 Å². The Morgan fingerprint density at radius 2 is 2.00 bits per heavy atom. The van der Waals surface area contributed by atoms with Gasteiger partial charge in [-0.3, -0.25) is 4.99 Å². The molecule has 0 fully saturated rings. The summed E-state index contributed by atoms with van der Waals surface area (Å²) < 4.78 is 3.03. The van der Waals surface area contributed by atoms with Gasteiger partial charge in [0.25, 0.3) is 0 Å². The molecule has 1 aromatic carbocycles. The summed E-state index contributed by atoms with van der Waals surface area (Å²) in [7, 11) is 2.05. The molecular formula is C14H14BrClN2. The van der Waals surface area contributed by atoms with Crippen LogP contribution in [-0.4, -0.2) is 10.8 Å². The molecule has 2 aromatic rings. The van der Waals surface area contributed by atoms with E-state index in [9.17, 15) is 0 Å². The van der Waals surface area contributed by atoms with Crippen LogP contribution in [0.3, 0.4) is 0 Å². The lowest BCUT2D eigenvalue weighted by molar-refractivity contribution is 0.843. The Morgan fingerprint density at radius 1 is 1.28 bits per heavy atom. The SMILES string of the molecule is Cc1cc(C=Nc2ccc(Br)c(Cl)c2)c(C)n1C. The minimum Gasteiger partial charge on any atom is -0.352 e. The van der Waals surface area contributed by atoms with Crippen LogP contribution in [0, 0.1) is 13.8 Å². The summed E-state index contributed by atoms with van der Waals surface area (Å²) >= 11 is 9.39. The molecule has 2 nitrogen and oxygen atoms in total. The van der Waals surface area contributed by atoms with Gasteiger partial charge >= 0.3 is 0 Å². The number of aromatic nitrogens is 1. The molecule has 0 aliphatic heterocycles. The normalized spacial score (nSPS) is 11.4. The van der Waals surface area contributed by atoms with Gasteiger partial charge in [-0.2, -0.15) is 0 Å². The number of aryl methyl sites for hydroxylation is 1. The van der Waals surface area contributed by atoms with Crippen LogP contribution in [-0.2, 0) is 7.05 Å². The molecule has 4 heteroatoms. The van der Waals surface area contributed by atoms with Crippen molar-refractivity contribution in [3.63, 3.8) is 0 Å². The predicted octanol–water partition coefficient (Wildman–Crippen LogP) is 4.81. The van der Waals surface area contributed by atoms with Crippen LogP contribution >= 0.6 is 27.5 Å². The van der Waals surface area contributed by atoms with Gasteiger partial charge in [0.2, 0.25) is 0 Å². The number of hydrogen-bond donors (Lipinski definition) is 0. The lowest BCUT2D eigenvalue weighted by atomic mass is 10.2. The lowest BCUT2D eigenvalue weighted by Crippen LogP contribution is -1.93. The van der Waals surface area contributed by atoms with E-state index in [0.717, 1.165) is 15.7 Å². The monoisotopic (exact) mass is 324 g/mol. The summed E-state index contributed by atoms with van der Waals surface area (Å²) in [5, 5.41) is 0.672. The lowest BCUT2D eigenvalue weighted by Gasteiger charge is -1.99. The van der Waals surface area contributed by atoms with Crippen molar-refractivity contribution in [2.24, 2.45) is 12.0 Å². The molecule has 0 N–H and O–H groups in total. The molecule has 2 rings (SSSR count). The molecule has 0 bridgehead atoms. The first-order chi connectivity index (χ1) is 8.49. The van der Waals surface area contributed by atoms with Gasteiger partial charge in [0.1, 0.15) is 0 Å². The third-order valence-corrected chi connectivity index (χ3v) is 4.30. The Bertz CT molecular complexity index is 614. The molecule has 0 aliphatic rings. The van der Waals surface area contributed by atoms with E-state index >= 15 is 0 Å². The van der Waals surface area contributed by atoms with Crippen molar-refractivity contribution in [2.75, 3.05) is 0 Å². The average molecular weight is 326 g/mol. The highest BCUT2D eigenvalue weighted by atomic mass is 79.9. The van der Waals surface area contributed by atoms with Gasteiger partial charge in [0.05, 0.1) is 10.7 Å². The van der Waals surface area contributed by atoms with E-state index < -0.39 is 0 Å². The first-order valence-electron chi connectivity index (χ1n) is 5.61. The van der Waals surface area contributed by atoms with E-state index in [4.69, 9.17) is 11.6 Å². The zero-order valence-electron chi connectivity index (χ0n) is 10.5. The Balaban J connectivity index is 2.30. The maximum Gasteiger partial charge on any atom is 0.0645 e. The predicted molar refractivity (Wildman–Crippen MR) is 81.3 cm³/mol. The van der Waals surface area contributed by atoms with Crippen LogP contribution in [0.2, 0.25) is 5.02 Å². The minimum atomic E-state index is 0.672. The van der Waals surface area contributed by atoms with Crippen LogP contribution in [0.1, 0.15) is 17.0 Å². The zero-order chi connectivity index (χ0) is 13.3. The second-order valence-electron chi connectivity index (χ2n) is 4.24. The summed E-state index contributed by atoms with van der Waals surface area (Å²) in [6.07, 6.45) is 1.88. The molecule has 18 heavy (non-hydrogen) atoms. The fraction of sp³-hybridized carbons (Fsp3) is 0.214. The van der Waals surface area contributed by atoms with E-state index in [2.05, 4.69) is 52.5 Å². The summed E-state index contributed by atoms with van der Waals surface area (Å²) in [5.74, 6) is 0. The van der Waals surface area contributed by atoms with E-state index in [1.807, 2.05) is 24.4 Å². The topological polar surface area (TPSA) is 17.3 Å². The van der Waals surface area contributed by atoms with E-state index in [-0.39, 0.29) is 0 Å². The number of halogens is 2. The van der Waals surface area contributed by atoms with E-state index in [1.165, 1.54) is 11.4 Å². The first kappa shape index (κ1) is 13.4. The van der Waals surface area contributed by atoms with Crippen LogP contribution in [0.4, 0.5) is 5.69 Å². The molecule has 0 aliphatic carbocycles. The highest BCUT2D eigenvalue weighted by Gasteiger charge is 2.03. The third kappa shape index (κ3) is 2.68. The molecule has 1 heterocycles. The Morgan fingerprint density at radius 3 is 2.56 bits per heavy atom. The average Bonchev–Trinajstić information content (AvgIpc) is 2.58. The molecule has 0 spiro atoms. The Kier molecular flexibility index (Phi) is 3.93. The Hall–Kier alpha value is -1.06. The van der Waals surface area contributed by atoms with Gasteiger partial charge in [-0.15, -0.1) is 0 Å². The third-order valence-electron chi connectivity index (χ3n) is 3.07. The van der Waals surface area contributed by atoms with Crippen LogP contribution in [0.25, 0.3) is 0 Å². The fourth-order valence-electron chi connectivity index (χ4n) is 1.72. The summed E-state index contributed by atoms with van der Waals surface area (Å²) in [5.41, 5.74) is 4.42. The first-order valence-corrected chi connectivity index (χ1v) is 6.78. The summed E-state index contributed by atoms with van der Waals surface area (Å²) in [4.78, 5) is 4.45. The van der Waals surface area contributed by atoms with E-state index in [0.29, 0.717) is 5.02 Å². The quantitative estimate of drug-likeness (QED) is 0.705. The molecule has 0 amide bonds. The van der Waals surface area contributed by atoms with Crippen molar-refractivity contribution in [3.8, 4) is 0 Å². The Labute approximate surface area is 120 Å². The molecule has 0 radical (unpaired) electrons. The van der Waals surface area contributed by atoms with Gasteiger partial charge in [-0.05, 0) is 54.0 Å². The van der Waals surface area contributed by atoms with Crippen molar-refractivity contribution in [1.29, 1.82) is 0 Å². The molecule has 1 aromatic heterocycles. The van der Waals surface area contributed by atoms with Gasteiger partial charge < -0.3 is 4.57 Å². The minimum absolute atomic E-state index is 0.672.